The number of amides is 1. The Morgan fingerprint density at radius 1 is 1.56 bits per heavy atom. The maximum atomic E-state index is 10.6. The standard InChI is InChI=1S/C11H7N3O4/c12-6-7-4-8(2-1-3-10(13)15)11(16)9(5-7)14(17)18/h4-5,16H,3H2,(H2,13,15). The minimum absolute atomic E-state index is 0.0112. The Morgan fingerprint density at radius 3 is 2.72 bits per heavy atom. The predicted molar refractivity (Wildman–Crippen MR) is 60.2 cm³/mol. The normalized spacial score (nSPS) is 8.83. The van der Waals surface area contributed by atoms with Gasteiger partial charge in [0.25, 0.3) is 0 Å². The summed E-state index contributed by atoms with van der Waals surface area (Å²) in [4.78, 5) is 20.3. The fraction of sp³-hybridized carbons (Fsp3) is 0.0909. The lowest BCUT2D eigenvalue weighted by Crippen LogP contribution is -2.08. The number of aromatic hydroxyl groups is 1. The number of hydrogen-bond donors (Lipinski definition) is 2. The quantitative estimate of drug-likeness (QED) is 0.442. The molecule has 0 spiro atoms. The topological polar surface area (TPSA) is 130 Å². The molecule has 0 unspecified atom stereocenters. The number of nitrogens with zero attached hydrogens (tertiary/aromatic N) is 2. The third-order valence-electron chi connectivity index (χ3n) is 1.90. The number of hydrogen-bond acceptors (Lipinski definition) is 5. The maximum absolute atomic E-state index is 10.6. The average molecular weight is 245 g/mol. The van der Waals surface area contributed by atoms with Crippen molar-refractivity contribution in [3.8, 4) is 23.7 Å². The van der Waals surface area contributed by atoms with E-state index in [2.05, 4.69) is 11.8 Å². The molecule has 1 aromatic rings. The van der Waals surface area contributed by atoms with Crippen LogP contribution >= 0.6 is 0 Å². The van der Waals surface area contributed by atoms with Crippen LogP contribution in [0.4, 0.5) is 5.69 Å². The van der Waals surface area contributed by atoms with Crippen LogP contribution in [0.25, 0.3) is 0 Å². The van der Waals surface area contributed by atoms with Crippen LogP contribution < -0.4 is 5.73 Å². The zero-order chi connectivity index (χ0) is 13.7. The first kappa shape index (κ1) is 13.0. The molecule has 0 aliphatic heterocycles. The van der Waals surface area contributed by atoms with Gasteiger partial charge in [-0.15, -0.1) is 0 Å². The summed E-state index contributed by atoms with van der Waals surface area (Å²) < 4.78 is 0. The molecule has 3 N–H and O–H groups in total. The molecule has 0 aliphatic carbocycles. The fourth-order valence-electron chi connectivity index (χ4n) is 1.14. The van der Waals surface area contributed by atoms with Crippen LogP contribution in [0.2, 0.25) is 0 Å². The van der Waals surface area contributed by atoms with Crippen molar-refractivity contribution >= 4 is 11.6 Å². The van der Waals surface area contributed by atoms with E-state index >= 15 is 0 Å². The van der Waals surface area contributed by atoms with Gasteiger partial charge < -0.3 is 10.8 Å². The highest BCUT2D eigenvalue weighted by molar-refractivity contribution is 5.76. The van der Waals surface area contributed by atoms with E-state index in [1.807, 2.05) is 0 Å². The fourth-order valence-corrected chi connectivity index (χ4v) is 1.14. The number of nitro groups is 1. The predicted octanol–water partition coefficient (Wildman–Crippen LogP) is 0.399. The lowest BCUT2D eigenvalue weighted by molar-refractivity contribution is -0.385. The molecule has 0 aliphatic rings. The molecule has 0 fully saturated rings. The van der Waals surface area contributed by atoms with Gasteiger partial charge in [-0.25, -0.2) is 0 Å². The van der Waals surface area contributed by atoms with Crippen molar-refractivity contribution < 1.29 is 14.8 Å². The van der Waals surface area contributed by atoms with Gasteiger partial charge in [-0.1, -0.05) is 11.8 Å². The number of rotatable bonds is 2. The molecule has 18 heavy (non-hydrogen) atoms. The molecule has 0 heterocycles. The van der Waals surface area contributed by atoms with Crippen LogP contribution in [0.5, 0.6) is 5.75 Å². The Labute approximate surface area is 102 Å². The molecular weight excluding hydrogens is 238 g/mol. The Hall–Kier alpha value is -3.06. The van der Waals surface area contributed by atoms with Gasteiger partial charge in [0, 0.05) is 6.07 Å². The molecule has 0 saturated heterocycles. The summed E-state index contributed by atoms with van der Waals surface area (Å²) in [6, 6.07) is 3.84. The summed E-state index contributed by atoms with van der Waals surface area (Å²) in [6.45, 7) is 0. The van der Waals surface area contributed by atoms with Crippen LogP contribution in [0.3, 0.4) is 0 Å². The zero-order valence-electron chi connectivity index (χ0n) is 9.01. The number of carbonyl (C=O) groups excluding carboxylic acids is 1. The minimum atomic E-state index is -0.824. The van der Waals surface area contributed by atoms with Gasteiger partial charge in [0.15, 0.2) is 0 Å². The van der Waals surface area contributed by atoms with E-state index in [0.717, 1.165) is 6.07 Å². The SMILES string of the molecule is N#Cc1cc(C#CCC(N)=O)c(O)c([N+](=O)[O-])c1. The molecule has 0 atom stereocenters. The summed E-state index contributed by atoms with van der Waals surface area (Å²) >= 11 is 0. The van der Waals surface area contributed by atoms with Crippen molar-refractivity contribution in [2.45, 2.75) is 6.42 Å². The molecule has 90 valence electrons. The van der Waals surface area contributed by atoms with E-state index in [0.29, 0.717) is 0 Å². The highest BCUT2D eigenvalue weighted by Crippen LogP contribution is 2.30. The molecule has 0 bridgehead atoms. The largest absolute Gasteiger partial charge is 0.501 e. The second-order valence-electron chi connectivity index (χ2n) is 3.21. The number of phenolic OH excluding ortho intramolecular Hbond substituents is 1. The van der Waals surface area contributed by atoms with Gasteiger partial charge in [-0.3, -0.25) is 14.9 Å². The van der Waals surface area contributed by atoms with Crippen molar-refractivity contribution in [3.63, 3.8) is 0 Å². The van der Waals surface area contributed by atoms with Crippen molar-refractivity contribution in [1.82, 2.24) is 0 Å². The first-order chi connectivity index (χ1) is 8.45. The average Bonchev–Trinajstić information content (AvgIpc) is 2.30. The summed E-state index contributed by atoms with van der Waals surface area (Å²) in [5, 5.41) is 28.9. The van der Waals surface area contributed by atoms with E-state index in [1.165, 1.54) is 6.07 Å². The second kappa shape index (κ2) is 5.32. The number of carbonyl (C=O) groups is 1. The van der Waals surface area contributed by atoms with Crippen LogP contribution in [-0.4, -0.2) is 15.9 Å². The van der Waals surface area contributed by atoms with Gasteiger partial charge in [0.2, 0.25) is 11.7 Å². The maximum Gasteiger partial charge on any atom is 0.313 e. The Bertz CT molecular complexity index is 620. The Balaban J connectivity index is 3.30. The van der Waals surface area contributed by atoms with E-state index in [1.54, 1.807) is 6.07 Å². The molecule has 1 amide bonds. The van der Waals surface area contributed by atoms with Crippen LogP contribution in [-0.2, 0) is 4.79 Å². The molecule has 1 rings (SSSR count). The minimum Gasteiger partial charge on any atom is -0.501 e. The van der Waals surface area contributed by atoms with Gasteiger partial charge in [-0.2, -0.15) is 5.26 Å². The highest BCUT2D eigenvalue weighted by Gasteiger charge is 2.18. The number of nitrogens with two attached hydrogens (primary N) is 1. The monoisotopic (exact) mass is 245 g/mol. The Kier molecular flexibility index (Phi) is 3.85. The van der Waals surface area contributed by atoms with Crippen LogP contribution in [0.15, 0.2) is 12.1 Å². The second-order valence-corrected chi connectivity index (χ2v) is 3.21. The van der Waals surface area contributed by atoms with Gasteiger partial charge in [-0.05, 0) is 6.07 Å². The number of primary amides is 1. The first-order valence-electron chi connectivity index (χ1n) is 4.64. The molecule has 7 heteroatoms. The van der Waals surface area contributed by atoms with Crippen LogP contribution in [0.1, 0.15) is 17.5 Å². The van der Waals surface area contributed by atoms with E-state index in [9.17, 15) is 20.0 Å². The van der Waals surface area contributed by atoms with Crippen molar-refractivity contribution in [2.24, 2.45) is 5.73 Å². The lowest BCUT2D eigenvalue weighted by Gasteiger charge is -1.99. The van der Waals surface area contributed by atoms with E-state index in [4.69, 9.17) is 11.0 Å². The smallest absolute Gasteiger partial charge is 0.313 e. The lowest BCUT2D eigenvalue weighted by atomic mass is 10.1. The number of nitriles is 1. The van der Waals surface area contributed by atoms with E-state index in [-0.39, 0.29) is 17.5 Å². The Morgan fingerprint density at radius 2 is 2.22 bits per heavy atom. The van der Waals surface area contributed by atoms with Crippen LogP contribution in [0, 0.1) is 33.3 Å². The van der Waals surface area contributed by atoms with Crippen molar-refractivity contribution in [1.29, 1.82) is 5.26 Å². The summed E-state index contributed by atoms with van der Waals surface area (Å²) in [5.74, 6) is 3.40. The molecular formula is C11H7N3O4. The van der Waals surface area contributed by atoms with E-state index < -0.39 is 22.3 Å². The molecule has 0 radical (unpaired) electrons. The van der Waals surface area contributed by atoms with Gasteiger partial charge in [0.1, 0.15) is 0 Å². The summed E-state index contributed by atoms with van der Waals surface area (Å²) in [6.07, 6.45) is -0.246. The third-order valence-corrected chi connectivity index (χ3v) is 1.90. The zero-order valence-corrected chi connectivity index (χ0v) is 9.01. The summed E-state index contributed by atoms with van der Waals surface area (Å²) in [5.41, 5.74) is 4.14. The van der Waals surface area contributed by atoms with Crippen molar-refractivity contribution in [3.05, 3.63) is 33.4 Å². The molecule has 7 nitrogen and oxygen atoms in total. The molecule has 0 aromatic heterocycles. The van der Waals surface area contributed by atoms with Gasteiger partial charge in [0.05, 0.1) is 28.5 Å². The number of phenols is 1. The highest BCUT2D eigenvalue weighted by atomic mass is 16.6. The third kappa shape index (κ3) is 2.97. The number of nitro benzene ring substituents is 1. The molecule has 0 saturated carbocycles. The van der Waals surface area contributed by atoms with Gasteiger partial charge >= 0.3 is 5.69 Å². The molecule has 1 aromatic carbocycles. The van der Waals surface area contributed by atoms with Crippen molar-refractivity contribution in [2.75, 3.05) is 0 Å². The summed E-state index contributed by atoms with van der Waals surface area (Å²) in [7, 11) is 0. The number of benzene rings is 1. The first-order valence-corrected chi connectivity index (χ1v) is 4.64.